The Labute approximate surface area is 176 Å². The molecule has 3 aromatic rings. The van der Waals surface area contributed by atoms with E-state index in [1.54, 1.807) is 11.3 Å². The molecule has 2 aromatic heterocycles. The van der Waals surface area contributed by atoms with Crippen LogP contribution in [0.15, 0.2) is 62.7 Å². The molecule has 1 atom stereocenters. The third kappa shape index (κ3) is 3.79. The van der Waals surface area contributed by atoms with Gasteiger partial charge in [0, 0.05) is 24.4 Å². The van der Waals surface area contributed by atoms with Crippen molar-refractivity contribution in [1.82, 2.24) is 9.91 Å². The summed E-state index contributed by atoms with van der Waals surface area (Å²) >= 11 is 0. The van der Waals surface area contributed by atoms with Gasteiger partial charge in [0.05, 0.1) is 12.8 Å². The highest BCUT2D eigenvalue weighted by Gasteiger charge is 2.38. The van der Waals surface area contributed by atoms with Crippen molar-refractivity contribution in [3.63, 3.8) is 0 Å². The van der Waals surface area contributed by atoms with Crippen molar-refractivity contribution < 1.29 is 13.6 Å². The van der Waals surface area contributed by atoms with E-state index in [9.17, 15) is 4.79 Å². The molecule has 6 heteroatoms. The first-order valence-corrected chi connectivity index (χ1v) is 10.7. The molecule has 1 saturated carbocycles. The molecule has 1 aliphatic carbocycles. The van der Waals surface area contributed by atoms with Gasteiger partial charge in [-0.3, -0.25) is 9.69 Å². The van der Waals surface area contributed by atoms with E-state index in [2.05, 4.69) is 18.7 Å². The molecule has 1 aromatic carbocycles. The smallest absolute Gasteiger partial charge is 0.257 e. The highest BCUT2D eigenvalue weighted by Crippen LogP contribution is 2.35. The van der Waals surface area contributed by atoms with E-state index in [4.69, 9.17) is 13.9 Å². The van der Waals surface area contributed by atoms with Gasteiger partial charge in [-0.05, 0) is 43.0 Å². The molecule has 2 aliphatic rings. The van der Waals surface area contributed by atoms with Crippen LogP contribution in [0.2, 0.25) is 0 Å². The number of hydrogen-bond acceptors (Lipinski definition) is 5. The van der Waals surface area contributed by atoms with Crippen molar-refractivity contribution in [3.05, 3.63) is 60.2 Å². The number of amides is 1. The first kappa shape index (κ1) is 19.1. The van der Waals surface area contributed by atoms with E-state index in [-0.39, 0.29) is 11.9 Å². The molecule has 1 fully saturated rings. The maximum Gasteiger partial charge on any atom is 0.257 e. The van der Waals surface area contributed by atoms with E-state index in [0.717, 1.165) is 29.0 Å². The predicted octanol–water partition coefficient (Wildman–Crippen LogP) is 4.82. The minimum Gasteiger partial charge on any atom is -0.467 e. The van der Waals surface area contributed by atoms with Crippen LogP contribution in [-0.4, -0.2) is 40.7 Å². The van der Waals surface area contributed by atoms with Gasteiger partial charge in [0.1, 0.15) is 23.1 Å². The number of furan rings is 2. The monoisotopic (exact) mass is 405 g/mol. The van der Waals surface area contributed by atoms with Gasteiger partial charge in [0.2, 0.25) is 0 Å². The predicted molar refractivity (Wildman–Crippen MR) is 115 cm³/mol. The molecule has 5 rings (SSSR count). The minimum atomic E-state index is -0.240. The number of hydrazone groups is 1. The summed E-state index contributed by atoms with van der Waals surface area (Å²) in [6.07, 6.45) is 4.57. The quantitative estimate of drug-likeness (QED) is 0.565. The van der Waals surface area contributed by atoms with Crippen molar-refractivity contribution >= 4 is 22.6 Å². The average Bonchev–Trinajstić information content (AvgIpc) is 3.12. The first-order chi connectivity index (χ1) is 14.6. The third-order valence-corrected chi connectivity index (χ3v) is 5.75. The highest BCUT2D eigenvalue weighted by atomic mass is 16.3. The molecule has 1 unspecified atom stereocenters. The SMILES string of the molecule is CC(C)CN(CC(=O)N1N=C(c2cc3ccccc3o2)CC1c1ccco1)C1CC1. The Hall–Kier alpha value is -2.86. The fourth-order valence-electron chi connectivity index (χ4n) is 4.21. The Balaban J connectivity index is 1.42. The lowest BCUT2D eigenvalue weighted by Gasteiger charge is -2.27. The van der Waals surface area contributed by atoms with Crippen LogP contribution in [0.25, 0.3) is 11.0 Å². The largest absolute Gasteiger partial charge is 0.467 e. The van der Waals surface area contributed by atoms with Gasteiger partial charge in [-0.25, -0.2) is 5.01 Å². The molecule has 156 valence electrons. The van der Waals surface area contributed by atoms with E-state index in [1.807, 2.05) is 42.5 Å². The summed E-state index contributed by atoms with van der Waals surface area (Å²) in [6, 6.07) is 14.0. The molecule has 0 bridgehead atoms. The molecule has 1 amide bonds. The van der Waals surface area contributed by atoms with Crippen molar-refractivity contribution in [2.75, 3.05) is 13.1 Å². The van der Waals surface area contributed by atoms with Crippen LogP contribution in [0.1, 0.15) is 50.7 Å². The second-order valence-corrected chi connectivity index (χ2v) is 8.72. The Morgan fingerprint density at radius 1 is 1.23 bits per heavy atom. The fraction of sp³-hybridized carbons (Fsp3) is 0.417. The molecule has 0 saturated heterocycles. The van der Waals surface area contributed by atoms with E-state index < -0.39 is 0 Å². The van der Waals surface area contributed by atoms with Gasteiger partial charge < -0.3 is 8.83 Å². The van der Waals surface area contributed by atoms with Crippen LogP contribution in [0.4, 0.5) is 0 Å². The van der Waals surface area contributed by atoms with Crippen LogP contribution in [0.3, 0.4) is 0 Å². The van der Waals surface area contributed by atoms with E-state index >= 15 is 0 Å². The van der Waals surface area contributed by atoms with Gasteiger partial charge in [0.15, 0.2) is 5.76 Å². The number of para-hydroxylation sites is 1. The lowest BCUT2D eigenvalue weighted by molar-refractivity contribution is -0.134. The molecular weight excluding hydrogens is 378 g/mol. The third-order valence-electron chi connectivity index (χ3n) is 5.75. The Morgan fingerprint density at radius 2 is 2.07 bits per heavy atom. The molecule has 6 nitrogen and oxygen atoms in total. The fourth-order valence-corrected chi connectivity index (χ4v) is 4.21. The van der Waals surface area contributed by atoms with Crippen LogP contribution < -0.4 is 0 Å². The first-order valence-electron chi connectivity index (χ1n) is 10.7. The van der Waals surface area contributed by atoms with Gasteiger partial charge in [-0.2, -0.15) is 5.10 Å². The standard InChI is InChI=1S/C24H27N3O3/c1-16(2)14-26(18-9-10-18)15-24(28)27-20(22-8-5-11-29-22)13-19(25-27)23-12-17-6-3-4-7-21(17)30-23/h3-8,11-12,16,18,20H,9-10,13-15H2,1-2H3. The lowest BCUT2D eigenvalue weighted by atomic mass is 10.1. The zero-order valence-electron chi connectivity index (χ0n) is 17.5. The number of benzene rings is 1. The van der Waals surface area contributed by atoms with E-state index in [0.29, 0.717) is 30.7 Å². The van der Waals surface area contributed by atoms with Gasteiger partial charge in [-0.15, -0.1) is 0 Å². The minimum absolute atomic E-state index is 0.00932. The van der Waals surface area contributed by atoms with Crippen molar-refractivity contribution in [2.45, 2.75) is 45.2 Å². The molecule has 30 heavy (non-hydrogen) atoms. The normalized spacial score (nSPS) is 19.3. The summed E-state index contributed by atoms with van der Waals surface area (Å²) in [5.41, 5.74) is 1.61. The second-order valence-electron chi connectivity index (χ2n) is 8.72. The maximum atomic E-state index is 13.3. The summed E-state index contributed by atoms with van der Waals surface area (Å²) in [5.74, 6) is 1.99. The Morgan fingerprint density at radius 3 is 2.77 bits per heavy atom. The van der Waals surface area contributed by atoms with Crippen molar-refractivity contribution in [2.24, 2.45) is 11.0 Å². The molecule has 3 heterocycles. The van der Waals surface area contributed by atoms with Gasteiger partial charge >= 0.3 is 0 Å². The summed E-state index contributed by atoms with van der Waals surface area (Å²) < 4.78 is 11.7. The van der Waals surface area contributed by atoms with Crippen molar-refractivity contribution in [1.29, 1.82) is 0 Å². The number of hydrogen-bond donors (Lipinski definition) is 0. The molecule has 1 aliphatic heterocycles. The van der Waals surface area contributed by atoms with Gasteiger partial charge in [0.25, 0.3) is 5.91 Å². The molecule has 0 spiro atoms. The van der Waals surface area contributed by atoms with Crippen LogP contribution >= 0.6 is 0 Å². The topological polar surface area (TPSA) is 62.2 Å². The maximum absolute atomic E-state index is 13.3. The zero-order valence-corrected chi connectivity index (χ0v) is 17.5. The van der Waals surface area contributed by atoms with Gasteiger partial charge in [-0.1, -0.05) is 32.0 Å². The summed E-state index contributed by atoms with van der Waals surface area (Å²) in [5, 5.41) is 7.36. The summed E-state index contributed by atoms with van der Waals surface area (Å²) in [4.78, 5) is 15.6. The van der Waals surface area contributed by atoms with E-state index in [1.165, 1.54) is 12.8 Å². The lowest BCUT2D eigenvalue weighted by Crippen LogP contribution is -2.40. The molecular formula is C24H27N3O3. The number of nitrogens with zero attached hydrogens (tertiary/aromatic N) is 3. The molecule has 0 radical (unpaired) electrons. The molecule has 0 N–H and O–H groups in total. The number of fused-ring (bicyclic) bond motifs is 1. The van der Waals surface area contributed by atoms with Crippen LogP contribution in [-0.2, 0) is 4.79 Å². The van der Waals surface area contributed by atoms with Crippen LogP contribution in [0.5, 0.6) is 0 Å². The number of carbonyl (C=O) groups excluding carboxylic acids is 1. The Kier molecular flexibility index (Phi) is 4.95. The second kappa shape index (κ2) is 7.76. The highest BCUT2D eigenvalue weighted by molar-refractivity contribution is 6.03. The summed E-state index contributed by atoms with van der Waals surface area (Å²) in [7, 11) is 0. The Bertz CT molecular complexity index is 1030. The zero-order chi connectivity index (χ0) is 20.7. The number of rotatable bonds is 7. The summed E-state index contributed by atoms with van der Waals surface area (Å²) in [6.45, 7) is 5.70. The van der Waals surface area contributed by atoms with Crippen LogP contribution in [0, 0.1) is 5.92 Å². The number of carbonyl (C=O) groups is 1. The average molecular weight is 405 g/mol. The van der Waals surface area contributed by atoms with Crippen molar-refractivity contribution in [3.8, 4) is 0 Å².